The number of esters is 1. The average molecular weight is 533 g/mol. The van der Waals surface area contributed by atoms with Crippen LogP contribution in [0, 0.1) is 5.92 Å². The fourth-order valence-electron chi connectivity index (χ4n) is 5.64. The lowest BCUT2D eigenvalue weighted by Gasteiger charge is -2.29. The maximum absolute atomic E-state index is 13.5. The van der Waals surface area contributed by atoms with Gasteiger partial charge < -0.3 is 4.74 Å². The molecule has 2 aliphatic rings. The second-order valence-electron chi connectivity index (χ2n) is 10.0. The molecule has 40 heavy (non-hydrogen) atoms. The molecule has 1 aliphatic carbocycles. The zero-order valence-electron chi connectivity index (χ0n) is 21.8. The van der Waals surface area contributed by atoms with E-state index in [-0.39, 0.29) is 29.8 Å². The van der Waals surface area contributed by atoms with Crippen molar-refractivity contribution in [1.29, 1.82) is 0 Å². The molecule has 1 aromatic heterocycles. The third-order valence-electron chi connectivity index (χ3n) is 7.48. The number of benzene rings is 3. The highest BCUT2D eigenvalue weighted by molar-refractivity contribution is 6.08. The number of hydrazone groups is 1. The van der Waals surface area contributed by atoms with Crippen LogP contribution in [0.4, 0.5) is 0 Å². The summed E-state index contributed by atoms with van der Waals surface area (Å²) in [5.74, 6) is -0.937. The average Bonchev–Trinajstić information content (AvgIpc) is 3.39. The first kappa shape index (κ1) is 25.4. The molecule has 2 unspecified atom stereocenters. The van der Waals surface area contributed by atoms with E-state index in [9.17, 15) is 14.4 Å². The Balaban J connectivity index is 1.23. The number of nitrogens with zero attached hydrogens (tertiary/aromatic N) is 3. The van der Waals surface area contributed by atoms with Crippen molar-refractivity contribution in [2.45, 2.75) is 31.7 Å². The monoisotopic (exact) mass is 532 g/mol. The van der Waals surface area contributed by atoms with Gasteiger partial charge >= 0.3 is 5.97 Å². The molecule has 0 saturated heterocycles. The van der Waals surface area contributed by atoms with Crippen molar-refractivity contribution in [3.63, 3.8) is 0 Å². The van der Waals surface area contributed by atoms with Crippen LogP contribution in [0.5, 0.6) is 0 Å². The minimum Gasteiger partial charge on any atom is -0.455 e. The van der Waals surface area contributed by atoms with Gasteiger partial charge in [0, 0.05) is 11.3 Å². The normalized spacial score (nSPS) is 19.4. The number of hydrogen-bond donors (Lipinski definition) is 1. The summed E-state index contributed by atoms with van der Waals surface area (Å²) < 4.78 is 5.41. The third kappa shape index (κ3) is 5.08. The number of nitrogens with one attached hydrogen (secondary N) is 1. The summed E-state index contributed by atoms with van der Waals surface area (Å²) in [5, 5.41) is 13.8. The first-order valence-corrected chi connectivity index (χ1v) is 13.4. The second-order valence-corrected chi connectivity index (χ2v) is 10.0. The van der Waals surface area contributed by atoms with Gasteiger partial charge in [0.1, 0.15) is 0 Å². The van der Waals surface area contributed by atoms with Crippen molar-refractivity contribution in [1.82, 2.24) is 15.2 Å². The molecule has 1 aliphatic heterocycles. The number of hydrogen-bond acceptors (Lipinski definition) is 6. The van der Waals surface area contributed by atoms with Crippen LogP contribution in [0.25, 0.3) is 16.8 Å². The Morgan fingerprint density at radius 3 is 2.42 bits per heavy atom. The van der Waals surface area contributed by atoms with E-state index in [1.54, 1.807) is 24.3 Å². The van der Waals surface area contributed by atoms with Gasteiger partial charge in [0.2, 0.25) is 0 Å². The van der Waals surface area contributed by atoms with E-state index >= 15 is 0 Å². The van der Waals surface area contributed by atoms with Crippen LogP contribution in [-0.4, -0.2) is 39.4 Å². The van der Waals surface area contributed by atoms with Crippen LogP contribution in [0.15, 0.2) is 100 Å². The molecule has 1 fully saturated rings. The van der Waals surface area contributed by atoms with E-state index in [0.29, 0.717) is 16.5 Å². The second kappa shape index (κ2) is 11.1. The number of carbonyl (C=O) groups is 2. The minimum absolute atomic E-state index is 0.0578. The Labute approximate surface area is 231 Å². The molecule has 1 N–H and O–H groups in total. The van der Waals surface area contributed by atoms with E-state index in [4.69, 9.17) is 9.84 Å². The first-order chi connectivity index (χ1) is 19.6. The molecular weight excluding hydrogens is 504 g/mol. The van der Waals surface area contributed by atoms with Gasteiger partial charge in [0.15, 0.2) is 6.61 Å². The highest BCUT2D eigenvalue weighted by Gasteiger charge is 2.43. The maximum Gasteiger partial charge on any atom is 0.312 e. The Kier molecular flexibility index (Phi) is 7.06. The van der Waals surface area contributed by atoms with Crippen LogP contribution < -0.4 is 5.56 Å². The predicted molar refractivity (Wildman–Crippen MR) is 152 cm³/mol. The molecule has 1 saturated carbocycles. The van der Waals surface area contributed by atoms with Crippen molar-refractivity contribution < 1.29 is 14.3 Å². The topological polar surface area (TPSA) is 105 Å². The summed E-state index contributed by atoms with van der Waals surface area (Å²) in [6.07, 6.45) is 4.79. The third-order valence-corrected chi connectivity index (χ3v) is 7.48. The van der Waals surface area contributed by atoms with E-state index in [1.807, 2.05) is 48.5 Å². The lowest BCUT2D eigenvalue weighted by atomic mass is 9.77. The van der Waals surface area contributed by atoms with Crippen molar-refractivity contribution in [3.05, 3.63) is 118 Å². The van der Waals surface area contributed by atoms with Gasteiger partial charge in [0.05, 0.1) is 29.3 Å². The number of carbonyl (C=O) groups excluding carboxylic acids is 2. The Morgan fingerprint density at radius 1 is 0.950 bits per heavy atom. The summed E-state index contributed by atoms with van der Waals surface area (Å²) in [7, 11) is 0. The zero-order chi connectivity index (χ0) is 27.5. The molecular formula is C32H28N4O4. The number of ether oxygens (including phenoxy) is 1. The molecule has 3 aromatic carbocycles. The van der Waals surface area contributed by atoms with Crippen LogP contribution in [0.2, 0.25) is 0 Å². The van der Waals surface area contributed by atoms with Crippen LogP contribution in [-0.2, 0) is 20.7 Å². The predicted octanol–water partition coefficient (Wildman–Crippen LogP) is 4.83. The van der Waals surface area contributed by atoms with Gasteiger partial charge in [-0.15, -0.1) is 0 Å². The highest BCUT2D eigenvalue weighted by atomic mass is 16.5. The van der Waals surface area contributed by atoms with Gasteiger partial charge in [0.25, 0.3) is 11.5 Å². The molecule has 2 atom stereocenters. The number of aromatic amines is 1. The van der Waals surface area contributed by atoms with Gasteiger partial charge in [-0.05, 0) is 48.1 Å². The Hall–Kier alpha value is -4.85. The summed E-state index contributed by atoms with van der Waals surface area (Å²) in [6, 6.07) is 26.7. The van der Waals surface area contributed by atoms with E-state index in [2.05, 4.69) is 28.4 Å². The van der Waals surface area contributed by atoms with E-state index in [1.165, 1.54) is 5.01 Å². The molecule has 4 aromatic rings. The minimum atomic E-state index is -0.608. The van der Waals surface area contributed by atoms with Crippen molar-refractivity contribution >= 4 is 34.4 Å². The molecule has 8 heteroatoms. The smallest absolute Gasteiger partial charge is 0.312 e. The van der Waals surface area contributed by atoms with Crippen molar-refractivity contribution in [2.24, 2.45) is 11.0 Å². The zero-order valence-corrected chi connectivity index (χ0v) is 21.8. The van der Waals surface area contributed by atoms with Gasteiger partial charge in [-0.1, -0.05) is 78.9 Å². The number of aromatic nitrogens is 2. The summed E-state index contributed by atoms with van der Waals surface area (Å²) in [4.78, 5) is 38.3. The number of allylic oxidation sites excluding steroid dienone is 1. The number of H-pyrrole nitrogens is 1. The molecule has 0 radical (unpaired) electrons. The molecule has 0 bridgehead atoms. The summed E-state index contributed by atoms with van der Waals surface area (Å²) >= 11 is 0. The van der Waals surface area contributed by atoms with Crippen molar-refractivity contribution in [3.8, 4) is 0 Å². The molecule has 8 nitrogen and oxygen atoms in total. The standard InChI is InChI=1S/C32H28N4O4/c37-28(20-40-29(38)19-27-24-15-7-8-16-25(24)32(39)34-33-27)36-31(22-12-5-2-6-13-22)26-17-9-14-23(30(26)35-36)18-21-10-3-1-4-11-21/h1-8,10-13,15-16,18,26,31H,9,14,17,19-20H2,(H,34,39)/b23-18+. The largest absolute Gasteiger partial charge is 0.455 e. The fourth-order valence-corrected chi connectivity index (χ4v) is 5.64. The van der Waals surface area contributed by atoms with Crippen LogP contribution in [0.1, 0.15) is 42.1 Å². The number of rotatable bonds is 6. The SMILES string of the molecule is O=C(Cc1n[nH]c(=O)c2ccccc12)OCC(=O)N1N=C2/C(=C/c3ccccc3)CCCC2C1c1ccccc1. The van der Waals surface area contributed by atoms with Gasteiger partial charge in [-0.2, -0.15) is 10.2 Å². The Morgan fingerprint density at radius 2 is 1.65 bits per heavy atom. The number of fused-ring (bicyclic) bond motifs is 2. The summed E-state index contributed by atoms with van der Waals surface area (Å²) in [5.41, 5.74) is 4.21. The molecule has 0 spiro atoms. The lowest BCUT2D eigenvalue weighted by molar-refractivity contribution is -0.152. The maximum atomic E-state index is 13.5. The highest BCUT2D eigenvalue weighted by Crippen LogP contribution is 2.44. The van der Waals surface area contributed by atoms with Crippen LogP contribution in [0.3, 0.4) is 0 Å². The Bertz CT molecular complexity index is 1680. The van der Waals surface area contributed by atoms with E-state index < -0.39 is 12.6 Å². The molecule has 1 amide bonds. The quantitative estimate of drug-likeness (QED) is 0.358. The molecule has 6 rings (SSSR count). The van der Waals surface area contributed by atoms with Gasteiger partial charge in [-0.25, -0.2) is 10.1 Å². The number of amides is 1. The van der Waals surface area contributed by atoms with Gasteiger partial charge in [-0.3, -0.25) is 14.4 Å². The lowest BCUT2D eigenvalue weighted by Crippen LogP contribution is -2.34. The molecule has 200 valence electrons. The van der Waals surface area contributed by atoms with Crippen molar-refractivity contribution in [2.75, 3.05) is 6.61 Å². The molecule has 2 heterocycles. The summed E-state index contributed by atoms with van der Waals surface area (Å²) in [6.45, 7) is -0.440. The van der Waals surface area contributed by atoms with E-state index in [0.717, 1.165) is 41.7 Å². The first-order valence-electron chi connectivity index (χ1n) is 13.4. The fraction of sp³-hybridized carbons (Fsp3) is 0.219. The van der Waals surface area contributed by atoms with Crippen LogP contribution >= 0.6 is 0 Å².